The fraction of sp³-hybridized carbons (Fsp3) is 0.571. The monoisotopic (exact) mass is 252 g/mol. The van der Waals surface area contributed by atoms with Crippen molar-refractivity contribution in [3.8, 4) is 0 Å². The first-order chi connectivity index (χ1) is 8.16. The second-order valence-electron chi connectivity index (χ2n) is 5.04. The Morgan fingerprint density at radius 1 is 1.35 bits per heavy atom. The van der Waals surface area contributed by atoms with Crippen LogP contribution in [0.2, 0.25) is 5.02 Å². The van der Waals surface area contributed by atoms with Gasteiger partial charge in [-0.05, 0) is 63.5 Å². The maximum atomic E-state index is 6.11. The third-order valence-corrected chi connectivity index (χ3v) is 4.10. The standard InChI is InChI=1S/C14H21ClN2/c1-11-13(15)4-3-5-14(11)16-10-12-6-8-17(2)9-7-12/h3-5,12,16H,6-10H2,1-2H3. The van der Waals surface area contributed by atoms with Crippen LogP contribution in [-0.2, 0) is 0 Å². The number of rotatable bonds is 3. The molecular formula is C14H21ClN2. The van der Waals surface area contributed by atoms with Crippen LogP contribution in [0.4, 0.5) is 5.69 Å². The molecule has 0 saturated carbocycles. The average molecular weight is 253 g/mol. The van der Waals surface area contributed by atoms with Crippen LogP contribution in [0.3, 0.4) is 0 Å². The van der Waals surface area contributed by atoms with E-state index in [4.69, 9.17) is 11.6 Å². The zero-order chi connectivity index (χ0) is 12.3. The van der Waals surface area contributed by atoms with Crippen LogP contribution >= 0.6 is 11.6 Å². The quantitative estimate of drug-likeness (QED) is 0.887. The summed E-state index contributed by atoms with van der Waals surface area (Å²) in [6.07, 6.45) is 2.59. The number of benzene rings is 1. The summed E-state index contributed by atoms with van der Waals surface area (Å²) < 4.78 is 0. The number of piperidine rings is 1. The molecule has 17 heavy (non-hydrogen) atoms. The minimum Gasteiger partial charge on any atom is -0.385 e. The van der Waals surface area contributed by atoms with E-state index < -0.39 is 0 Å². The fourth-order valence-electron chi connectivity index (χ4n) is 2.32. The van der Waals surface area contributed by atoms with Crippen LogP contribution in [0.25, 0.3) is 0 Å². The van der Waals surface area contributed by atoms with Gasteiger partial charge in [-0.3, -0.25) is 0 Å². The topological polar surface area (TPSA) is 15.3 Å². The van der Waals surface area contributed by atoms with Crippen molar-refractivity contribution in [3.63, 3.8) is 0 Å². The number of nitrogens with one attached hydrogen (secondary N) is 1. The van der Waals surface area contributed by atoms with E-state index in [-0.39, 0.29) is 0 Å². The summed E-state index contributed by atoms with van der Waals surface area (Å²) in [6.45, 7) is 5.58. The Morgan fingerprint density at radius 2 is 2.06 bits per heavy atom. The van der Waals surface area contributed by atoms with E-state index in [0.29, 0.717) is 0 Å². The van der Waals surface area contributed by atoms with E-state index in [1.54, 1.807) is 0 Å². The maximum absolute atomic E-state index is 6.11. The summed E-state index contributed by atoms with van der Waals surface area (Å²) in [4.78, 5) is 2.40. The van der Waals surface area contributed by atoms with Gasteiger partial charge < -0.3 is 10.2 Å². The molecule has 1 fully saturated rings. The lowest BCUT2D eigenvalue weighted by molar-refractivity contribution is 0.226. The summed E-state index contributed by atoms with van der Waals surface area (Å²) in [5, 5.41) is 4.38. The van der Waals surface area contributed by atoms with E-state index in [1.807, 2.05) is 12.1 Å². The van der Waals surface area contributed by atoms with Crippen LogP contribution in [0.1, 0.15) is 18.4 Å². The van der Waals surface area contributed by atoms with Gasteiger partial charge in [-0.15, -0.1) is 0 Å². The van der Waals surface area contributed by atoms with E-state index >= 15 is 0 Å². The summed E-state index contributed by atoms with van der Waals surface area (Å²) in [5.41, 5.74) is 2.33. The molecule has 1 aliphatic heterocycles. The van der Waals surface area contributed by atoms with Crippen LogP contribution in [0.15, 0.2) is 18.2 Å². The number of nitrogens with zero attached hydrogens (tertiary/aromatic N) is 1. The normalized spacial score (nSPS) is 18.3. The second-order valence-corrected chi connectivity index (χ2v) is 5.45. The second kappa shape index (κ2) is 5.74. The first kappa shape index (κ1) is 12.7. The Morgan fingerprint density at radius 3 is 2.76 bits per heavy atom. The van der Waals surface area contributed by atoms with E-state index in [9.17, 15) is 0 Å². The number of anilines is 1. The molecule has 0 aromatic heterocycles. The van der Waals surface area contributed by atoms with Gasteiger partial charge in [-0.2, -0.15) is 0 Å². The van der Waals surface area contributed by atoms with Crippen molar-refractivity contribution in [1.29, 1.82) is 0 Å². The third kappa shape index (κ3) is 3.36. The minimum absolute atomic E-state index is 0.796. The number of hydrogen-bond acceptors (Lipinski definition) is 2. The van der Waals surface area contributed by atoms with Gasteiger partial charge in [-0.1, -0.05) is 17.7 Å². The van der Waals surface area contributed by atoms with E-state index in [1.165, 1.54) is 31.6 Å². The van der Waals surface area contributed by atoms with E-state index in [0.717, 1.165) is 23.0 Å². The summed E-state index contributed by atoms with van der Waals surface area (Å²) in [5.74, 6) is 0.796. The molecule has 1 saturated heterocycles. The Labute approximate surface area is 109 Å². The van der Waals surface area contributed by atoms with Gasteiger partial charge >= 0.3 is 0 Å². The molecule has 0 radical (unpaired) electrons. The van der Waals surface area contributed by atoms with Gasteiger partial charge in [0.25, 0.3) is 0 Å². The molecule has 0 aliphatic carbocycles. The van der Waals surface area contributed by atoms with Crippen LogP contribution < -0.4 is 5.32 Å². The zero-order valence-corrected chi connectivity index (χ0v) is 11.4. The van der Waals surface area contributed by atoms with Crippen molar-refractivity contribution < 1.29 is 0 Å². The van der Waals surface area contributed by atoms with Gasteiger partial charge in [0.1, 0.15) is 0 Å². The summed E-state index contributed by atoms with van der Waals surface area (Å²) in [7, 11) is 2.20. The Balaban J connectivity index is 1.87. The zero-order valence-electron chi connectivity index (χ0n) is 10.7. The molecule has 3 heteroatoms. The Kier molecular flexibility index (Phi) is 4.30. The predicted molar refractivity (Wildman–Crippen MR) is 74.9 cm³/mol. The molecule has 0 bridgehead atoms. The van der Waals surface area contributed by atoms with Crippen LogP contribution in [-0.4, -0.2) is 31.6 Å². The minimum atomic E-state index is 0.796. The lowest BCUT2D eigenvalue weighted by atomic mass is 9.97. The van der Waals surface area contributed by atoms with Crippen molar-refractivity contribution in [2.24, 2.45) is 5.92 Å². The van der Waals surface area contributed by atoms with Gasteiger partial charge in [0.05, 0.1) is 0 Å². The fourth-order valence-corrected chi connectivity index (χ4v) is 2.49. The van der Waals surface area contributed by atoms with Crippen molar-refractivity contribution in [1.82, 2.24) is 4.90 Å². The first-order valence-electron chi connectivity index (χ1n) is 6.34. The first-order valence-corrected chi connectivity index (χ1v) is 6.72. The van der Waals surface area contributed by atoms with Gasteiger partial charge in [0.15, 0.2) is 0 Å². The maximum Gasteiger partial charge on any atom is 0.0455 e. The highest BCUT2D eigenvalue weighted by Gasteiger charge is 2.16. The smallest absolute Gasteiger partial charge is 0.0455 e. The van der Waals surface area contributed by atoms with Gasteiger partial charge in [-0.25, -0.2) is 0 Å². The molecule has 0 spiro atoms. The highest BCUT2D eigenvalue weighted by Crippen LogP contribution is 2.24. The molecule has 0 amide bonds. The van der Waals surface area contributed by atoms with Crippen LogP contribution in [0.5, 0.6) is 0 Å². The van der Waals surface area contributed by atoms with Crippen molar-refractivity contribution >= 4 is 17.3 Å². The third-order valence-electron chi connectivity index (χ3n) is 3.69. The molecule has 2 rings (SSSR count). The van der Waals surface area contributed by atoms with Crippen molar-refractivity contribution in [2.75, 3.05) is 32.0 Å². The molecule has 1 aromatic carbocycles. The highest BCUT2D eigenvalue weighted by atomic mass is 35.5. The molecule has 2 nitrogen and oxygen atoms in total. The van der Waals surface area contributed by atoms with E-state index in [2.05, 4.69) is 30.3 Å². The largest absolute Gasteiger partial charge is 0.385 e. The summed E-state index contributed by atoms with van der Waals surface area (Å²) >= 11 is 6.11. The molecule has 94 valence electrons. The lowest BCUT2D eigenvalue weighted by Gasteiger charge is -2.29. The van der Waals surface area contributed by atoms with Gasteiger partial charge in [0, 0.05) is 17.3 Å². The molecular weight excluding hydrogens is 232 g/mol. The highest BCUT2D eigenvalue weighted by molar-refractivity contribution is 6.31. The predicted octanol–water partition coefficient (Wildman–Crippen LogP) is 3.40. The lowest BCUT2D eigenvalue weighted by Crippen LogP contribution is -2.33. The molecule has 1 heterocycles. The molecule has 0 atom stereocenters. The Hall–Kier alpha value is -0.730. The van der Waals surface area contributed by atoms with Crippen LogP contribution in [0, 0.1) is 12.8 Å². The molecule has 1 aliphatic rings. The summed E-state index contributed by atoms with van der Waals surface area (Å²) in [6, 6.07) is 6.06. The number of halogens is 1. The number of hydrogen-bond donors (Lipinski definition) is 1. The molecule has 0 unspecified atom stereocenters. The Bertz CT molecular complexity index is 370. The molecule has 1 aromatic rings. The average Bonchev–Trinajstić information content (AvgIpc) is 2.33. The van der Waals surface area contributed by atoms with Crippen molar-refractivity contribution in [2.45, 2.75) is 19.8 Å². The van der Waals surface area contributed by atoms with Gasteiger partial charge in [0.2, 0.25) is 0 Å². The number of likely N-dealkylation sites (tertiary alicyclic amines) is 1. The van der Waals surface area contributed by atoms with Crippen molar-refractivity contribution in [3.05, 3.63) is 28.8 Å². The SMILES string of the molecule is Cc1c(Cl)cccc1NCC1CCN(C)CC1. The molecule has 1 N–H and O–H groups in total.